The van der Waals surface area contributed by atoms with Gasteiger partial charge in [-0.25, -0.2) is 9.37 Å². The van der Waals surface area contributed by atoms with E-state index >= 15 is 0 Å². The van der Waals surface area contributed by atoms with Crippen molar-refractivity contribution in [2.24, 2.45) is 0 Å². The summed E-state index contributed by atoms with van der Waals surface area (Å²) in [4.78, 5) is 29.1. The van der Waals surface area contributed by atoms with Crippen molar-refractivity contribution in [2.75, 3.05) is 24.9 Å². The van der Waals surface area contributed by atoms with Crippen LogP contribution in [-0.2, 0) is 0 Å². The minimum absolute atomic E-state index is 0.0451. The van der Waals surface area contributed by atoms with Crippen LogP contribution in [0.3, 0.4) is 0 Å². The van der Waals surface area contributed by atoms with Gasteiger partial charge in [-0.2, -0.15) is 0 Å². The van der Waals surface area contributed by atoms with Crippen LogP contribution in [0.1, 0.15) is 21.0 Å². The third-order valence-electron chi connectivity index (χ3n) is 3.97. The van der Waals surface area contributed by atoms with Gasteiger partial charge in [0.2, 0.25) is 0 Å². The van der Waals surface area contributed by atoms with Gasteiger partial charge in [0.05, 0.1) is 19.9 Å². The van der Waals surface area contributed by atoms with Crippen molar-refractivity contribution in [3.8, 4) is 11.5 Å². The topological polar surface area (TPSA) is 89.5 Å². The molecule has 0 saturated carbocycles. The SMILES string of the molecule is COc1ccc(NC(=O)c2cccc(C(=O)Nc3ccc(F)cc3)n2)c(OC)c1. The fraction of sp³-hybridized carbons (Fsp3) is 0.0952. The molecule has 29 heavy (non-hydrogen) atoms. The van der Waals surface area contributed by atoms with Gasteiger partial charge in [0.25, 0.3) is 11.8 Å². The molecule has 7 nitrogen and oxygen atoms in total. The number of benzene rings is 2. The van der Waals surface area contributed by atoms with Crippen LogP contribution in [0, 0.1) is 5.82 Å². The lowest BCUT2D eigenvalue weighted by molar-refractivity contribution is 0.101. The largest absolute Gasteiger partial charge is 0.497 e. The van der Waals surface area contributed by atoms with Crippen LogP contribution in [0.5, 0.6) is 11.5 Å². The molecule has 2 N–H and O–H groups in total. The molecule has 0 bridgehead atoms. The highest BCUT2D eigenvalue weighted by atomic mass is 19.1. The Kier molecular flexibility index (Phi) is 6.03. The first-order valence-corrected chi connectivity index (χ1v) is 8.57. The number of hydrogen-bond donors (Lipinski definition) is 2. The van der Waals surface area contributed by atoms with E-state index in [4.69, 9.17) is 9.47 Å². The van der Waals surface area contributed by atoms with E-state index in [0.717, 1.165) is 0 Å². The minimum Gasteiger partial charge on any atom is -0.497 e. The normalized spacial score (nSPS) is 10.2. The van der Waals surface area contributed by atoms with Gasteiger partial charge in [-0.3, -0.25) is 9.59 Å². The molecule has 0 spiro atoms. The maximum Gasteiger partial charge on any atom is 0.274 e. The summed E-state index contributed by atoms with van der Waals surface area (Å²) in [6.07, 6.45) is 0. The molecule has 2 amide bonds. The third kappa shape index (κ3) is 4.86. The Morgan fingerprint density at radius 2 is 1.52 bits per heavy atom. The van der Waals surface area contributed by atoms with Crippen LogP contribution < -0.4 is 20.1 Å². The van der Waals surface area contributed by atoms with Gasteiger partial charge < -0.3 is 20.1 Å². The molecule has 0 saturated heterocycles. The van der Waals surface area contributed by atoms with E-state index < -0.39 is 17.6 Å². The van der Waals surface area contributed by atoms with E-state index in [1.54, 1.807) is 24.3 Å². The molecule has 3 aromatic rings. The summed E-state index contributed by atoms with van der Waals surface area (Å²) in [5.41, 5.74) is 0.940. The van der Waals surface area contributed by atoms with E-state index in [2.05, 4.69) is 15.6 Å². The van der Waals surface area contributed by atoms with Crippen molar-refractivity contribution >= 4 is 23.2 Å². The predicted octanol–water partition coefficient (Wildman–Crippen LogP) is 3.74. The molecular weight excluding hydrogens is 377 g/mol. The second kappa shape index (κ2) is 8.83. The smallest absolute Gasteiger partial charge is 0.274 e. The number of hydrogen-bond acceptors (Lipinski definition) is 5. The molecule has 0 aliphatic rings. The maximum absolute atomic E-state index is 13.0. The van der Waals surface area contributed by atoms with Gasteiger partial charge in [-0.15, -0.1) is 0 Å². The van der Waals surface area contributed by atoms with Crippen LogP contribution in [0.4, 0.5) is 15.8 Å². The van der Waals surface area contributed by atoms with Crippen molar-refractivity contribution in [1.82, 2.24) is 4.98 Å². The van der Waals surface area contributed by atoms with Crippen LogP contribution in [0.25, 0.3) is 0 Å². The second-order valence-corrected chi connectivity index (χ2v) is 5.89. The van der Waals surface area contributed by atoms with Crippen molar-refractivity contribution in [1.29, 1.82) is 0 Å². The van der Waals surface area contributed by atoms with Crippen molar-refractivity contribution in [2.45, 2.75) is 0 Å². The van der Waals surface area contributed by atoms with Gasteiger partial charge in [0, 0.05) is 11.8 Å². The molecule has 0 fully saturated rings. The molecule has 0 unspecified atom stereocenters. The molecular formula is C21H18FN3O4. The lowest BCUT2D eigenvalue weighted by atomic mass is 10.2. The second-order valence-electron chi connectivity index (χ2n) is 5.89. The Morgan fingerprint density at radius 3 is 2.14 bits per heavy atom. The Labute approximate surface area is 166 Å². The standard InChI is InChI=1S/C21H18FN3O4/c1-28-15-10-11-16(19(12-15)29-2)25-21(27)18-5-3-4-17(24-18)20(26)23-14-8-6-13(22)7-9-14/h3-12H,1-2H3,(H,23,26)(H,25,27). The Morgan fingerprint density at radius 1 is 0.862 bits per heavy atom. The van der Waals surface area contributed by atoms with Crippen LogP contribution in [0.2, 0.25) is 0 Å². The van der Waals surface area contributed by atoms with Gasteiger partial charge in [-0.05, 0) is 48.5 Å². The summed E-state index contributed by atoms with van der Waals surface area (Å²) in [5.74, 6) is -0.438. The van der Waals surface area contributed by atoms with Crippen LogP contribution in [0.15, 0.2) is 60.7 Å². The Balaban J connectivity index is 1.75. The highest BCUT2D eigenvalue weighted by Crippen LogP contribution is 2.29. The minimum atomic E-state index is -0.520. The summed E-state index contributed by atoms with van der Waals surface area (Å²) in [7, 11) is 3.00. The number of carbonyl (C=O) groups excluding carboxylic acids is 2. The van der Waals surface area contributed by atoms with Gasteiger partial charge in [0.1, 0.15) is 28.7 Å². The number of nitrogens with zero attached hydrogens (tertiary/aromatic N) is 1. The summed E-state index contributed by atoms with van der Waals surface area (Å²) in [5, 5.41) is 5.29. The van der Waals surface area contributed by atoms with E-state index in [0.29, 0.717) is 22.9 Å². The summed E-state index contributed by atoms with van der Waals surface area (Å²) >= 11 is 0. The number of rotatable bonds is 6. The average molecular weight is 395 g/mol. The van der Waals surface area contributed by atoms with E-state index in [9.17, 15) is 14.0 Å². The number of methoxy groups -OCH3 is 2. The summed E-state index contributed by atoms with van der Waals surface area (Å²) in [6, 6.07) is 14.8. The zero-order valence-electron chi connectivity index (χ0n) is 15.7. The lowest BCUT2D eigenvalue weighted by Gasteiger charge is -2.12. The fourth-order valence-corrected chi connectivity index (χ4v) is 2.50. The van der Waals surface area contributed by atoms with Gasteiger partial charge >= 0.3 is 0 Å². The molecule has 0 aliphatic carbocycles. The number of carbonyl (C=O) groups is 2. The zero-order valence-corrected chi connectivity index (χ0v) is 15.7. The zero-order chi connectivity index (χ0) is 20.8. The molecule has 0 aliphatic heterocycles. The number of aromatic nitrogens is 1. The summed E-state index contributed by atoms with van der Waals surface area (Å²) in [6.45, 7) is 0. The molecule has 148 valence electrons. The number of anilines is 2. The monoisotopic (exact) mass is 395 g/mol. The number of halogens is 1. The number of amides is 2. The van der Waals surface area contributed by atoms with Crippen molar-refractivity contribution < 1.29 is 23.5 Å². The number of pyridine rings is 1. The van der Waals surface area contributed by atoms with Crippen LogP contribution >= 0.6 is 0 Å². The molecule has 3 rings (SSSR count). The highest BCUT2D eigenvalue weighted by Gasteiger charge is 2.15. The Bertz CT molecular complexity index is 1040. The van der Waals surface area contributed by atoms with Gasteiger partial charge in [-0.1, -0.05) is 6.07 Å². The van der Waals surface area contributed by atoms with E-state index in [-0.39, 0.29) is 11.4 Å². The van der Waals surface area contributed by atoms with E-state index in [1.807, 2.05) is 0 Å². The molecule has 2 aromatic carbocycles. The molecule has 8 heteroatoms. The molecule has 1 aromatic heterocycles. The highest BCUT2D eigenvalue weighted by molar-refractivity contribution is 6.06. The predicted molar refractivity (Wildman–Crippen MR) is 106 cm³/mol. The average Bonchev–Trinajstić information content (AvgIpc) is 2.75. The molecule has 0 atom stereocenters. The molecule has 0 radical (unpaired) electrons. The fourth-order valence-electron chi connectivity index (χ4n) is 2.50. The quantitative estimate of drug-likeness (QED) is 0.664. The van der Waals surface area contributed by atoms with E-state index in [1.165, 1.54) is 50.6 Å². The Hall–Kier alpha value is -3.94. The first kappa shape index (κ1) is 19.8. The maximum atomic E-state index is 13.0. The first-order chi connectivity index (χ1) is 14.0. The first-order valence-electron chi connectivity index (χ1n) is 8.57. The third-order valence-corrected chi connectivity index (χ3v) is 3.97. The number of nitrogens with one attached hydrogen (secondary N) is 2. The van der Waals surface area contributed by atoms with Crippen molar-refractivity contribution in [3.05, 3.63) is 77.9 Å². The van der Waals surface area contributed by atoms with Crippen molar-refractivity contribution in [3.63, 3.8) is 0 Å². The molecule has 1 heterocycles. The van der Waals surface area contributed by atoms with Crippen LogP contribution in [-0.4, -0.2) is 31.0 Å². The lowest BCUT2D eigenvalue weighted by Crippen LogP contribution is -2.18. The number of ether oxygens (including phenoxy) is 2. The summed E-state index contributed by atoms with van der Waals surface area (Å²) < 4.78 is 23.4. The van der Waals surface area contributed by atoms with Gasteiger partial charge in [0.15, 0.2) is 0 Å².